The first-order valence-electron chi connectivity index (χ1n) is 7.60. The number of anilines is 2. The van der Waals surface area contributed by atoms with Crippen LogP contribution in [0.4, 0.5) is 11.8 Å². The first-order chi connectivity index (χ1) is 10.3. The van der Waals surface area contributed by atoms with Gasteiger partial charge in [0.1, 0.15) is 5.82 Å². The van der Waals surface area contributed by atoms with Crippen LogP contribution in [0.15, 0.2) is 6.20 Å². The minimum atomic E-state index is 0.120. The maximum atomic E-state index is 9.45. The monoisotopic (exact) mass is 290 g/mol. The van der Waals surface area contributed by atoms with Gasteiger partial charge in [-0.05, 0) is 12.8 Å². The number of aromatic amines is 1. The molecule has 1 saturated carbocycles. The van der Waals surface area contributed by atoms with Crippen LogP contribution in [0.3, 0.4) is 0 Å². The van der Waals surface area contributed by atoms with E-state index in [0.717, 1.165) is 29.7 Å². The second-order valence-electron chi connectivity index (χ2n) is 5.46. The number of rotatable bonds is 5. The molecule has 0 saturated heterocycles. The number of aromatic nitrogens is 4. The van der Waals surface area contributed by atoms with Crippen LogP contribution in [0.2, 0.25) is 0 Å². The van der Waals surface area contributed by atoms with Crippen LogP contribution in [-0.2, 0) is 0 Å². The Morgan fingerprint density at radius 3 is 2.86 bits per heavy atom. The number of hydrogen-bond acceptors (Lipinski definition) is 6. The molecule has 0 atom stereocenters. The van der Waals surface area contributed by atoms with Crippen LogP contribution in [0.5, 0.6) is 0 Å². The molecule has 1 aliphatic carbocycles. The summed E-state index contributed by atoms with van der Waals surface area (Å²) in [5, 5.41) is 20.3. The van der Waals surface area contributed by atoms with Crippen molar-refractivity contribution in [2.75, 3.05) is 30.4 Å². The number of aliphatic hydroxyl groups is 1. The Labute approximate surface area is 123 Å². The van der Waals surface area contributed by atoms with E-state index in [2.05, 4.69) is 30.4 Å². The van der Waals surface area contributed by atoms with Crippen molar-refractivity contribution in [2.24, 2.45) is 0 Å². The third-order valence-corrected chi connectivity index (χ3v) is 4.14. The Morgan fingerprint density at radius 1 is 1.33 bits per heavy atom. The first kappa shape index (κ1) is 14.1. The van der Waals surface area contributed by atoms with E-state index in [1.807, 2.05) is 0 Å². The molecule has 3 rings (SSSR count). The zero-order valence-corrected chi connectivity index (χ0v) is 12.3. The fourth-order valence-corrected chi connectivity index (χ4v) is 3.11. The van der Waals surface area contributed by atoms with Gasteiger partial charge in [0.15, 0.2) is 5.65 Å². The molecule has 0 bridgehead atoms. The van der Waals surface area contributed by atoms with Crippen LogP contribution in [0.1, 0.15) is 32.1 Å². The second kappa shape index (κ2) is 6.26. The summed E-state index contributed by atoms with van der Waals surface area (Å²) in [6, 6.07) is 0.434. The lowest BCUT2D eigenvalue weighted by Crippen LogP contribution is -2.39. The summed E-state index contributed by atoms with van der Waals surface area (Å²) in [6.07, 6.45) is 7.85. The predicted molar refractivity (Wildman–Crippen MR) is 82.5 cm³/mol. The molecule has 7 nitrogen and oxygen atoms in total. The highest BCUT2D eigenvalue weighted by Crippen LogP contribution is 2.30. The molecule has 0 aliphatic heterocycles. The van der Waals surface area contributed by atoms with Gasteiger partial charge in [-0.2, -0.15) is 15.1 Å². The summed E-state index contributed by atoms with van der Waals surface area (Å²) < 4.78 is 0. The number of fused-ring (bicyclic) bond motifs is 1. The molecule has 1 fully saturated rings. The van der Waals surface area contributed by atoms with Crippen LogP contribution < -0.4 is 10.2 Å². The zero-order valence-electron chi connectivity index (χ0n) is 12.3. The first-order valence-corrected chi connectivity index (χ1v) is 7.60. The van der Waals surface area contributed by atoms with Gasteiger partial charge in [-0.3, -0.25) is 5.10 Å². The summed E-state index contributed by atoms with van der Waals surface area (Å²) >= 11 is 0. The lowest BCUT2D eigenvalue weighted by molar-refractivity contribution is 0.289. The summed E-state index contributed by atoms with van der Waals surface area (Å²) in [6.45, 7) is 0.708. The zero-order chi connectivity index (χ0) is 14.7. The van der Waals surface area contributed by atoms with Gasteiger partial charge in [0.2, 0.25) is 5.95 Å². The Kier molecular flexibility index (Phi) is 4.19. The van der Waals surface area contributed by atoms with Crippen molar-refractivity contribution in [2.45, 2.75) is 38.1 Å². The highest BCUT2D eigenvalue weighted by molar-refractivity contribution is 5.87. The summed E-state index contributed by atoms with van der Waals surface area (Å²) in [5.74, 6) is 1.43. The molecule has 0 spiro atoms. The predicted octanol–water partition coefficient (Wildman–Crippen LogP) is 1.53. The summed E-state index contributed by atoms with van der Waals surface area (Å²) in [7, 11) is 1.80. The van der Waals surface area contributed by atoms with E-state index in [1.165, 1.54) is 19.3 Å². The largest absolute Gasteiger partial charge is 0.395 e. The molecule has 0 radical (unpaired) electrons. The van der Waals surface area contributed by atoms with Gasteiger partial charge in [0.05, 0.1) is 18.2 Å². The van der Waals surface area contributed by atoms with Crippen molar-refractivity contribution in [3.63, 3.8) is 0 Å². The van der Waals surface area contributed by atoms with Crippen molar-refractivity contribution in [3.05, 3.63) is 6.20 Å². The van der Waals surface area contributed by atoms with Crippen molar-refractivity contribution in [3.8, 4) is 0 Å². The average molecular weight is 290 g/mol. The molecule has 21 heavy (non-hydrogen) atoms. The number of H-pyrrole nitrogens is 1. The van der Waals surface area contributed by atoms with Crippen molar-refractivity contribution in [1.82, 2.24) is 20.2 Å². The SMILES string of the molecule is CNc1nc(N(CCO)C2CCCCC2)c2cn[nH]c2n1. The number of nitrogens with zero attached hydrogens (tertiary/aromatic N) is 4. The number of aliphatic hydroxyl groups excluding tert-OH is 1. The van der Waals surface area contributed by atoms with Gasteiger partial charge in [-0.25, -0.2) is 0 Å². The van der Waals surface area contributed by atoms with Gasteiger partial charge >= 0.3 is 0 Å². The lowest BCUT2D eigenvalue weighted by Gasteiger charge is -2.35. The minimum Gasteiger partial charge on any atom is -0.395 e. The summed E-state index contributed by atoms with van der Waals surface area (Å²) in [4.78, 5) is 11.2. The summed E-state index contributed by atoms with van der Waals surface area (Å²) in [5.41, 5.74) is 0.725. The highest BCUT2D eigenvalue weighted by Gasteiger charge is 2.24. The van der Waals surface area contributed by atoms with Crippen LogP contribution >= 0.6 is 0 Å². The van der Waals surface area contributed by atoms with E-state index in [4.69, 9.17) is 0 Å². The van der Waals surface area contributed by atoms with E-state index in [-0.39, 0.29) is 6.61 Å². The standard InChI is InChI=1S/C14H22N6O/c1-15-14-17-12-11(9-16-19-12)13(18-14)20(7-8-21)10-5-3-2-4-6-10/h9-10,21H,2-8H2,1H3,(H2,15,16,17,18,19). The van der Waals surface area contributed by atoms with Crippen LogP contribution in [-0.4, -0.2) is 51.5 Å². The Morgan fingerprint density at radius 2 is 2.14 bits per heavy atom. The maximum absolute atomic E-state index is 9.45. The molecule has 2 aromatic heterocycles. The van der Waals surface area contributed by atoms with Crippen molar-refractivity contribution >= 4 is 22.8 Å². The molecule has 1 aliphatic rings. The quantitative estimate of drug-likeness (QED) is 0.773. The highest BCUT2D eigenvalue weighted by atomic mass is 16.3. The number of nitrogens with one attached hydrogen (secondary N) is 2. The maximum Gasteiger partial charge on any atom is 0.226 e. The molecular formula is C14H22N6O. The fourth-order valence-electron chi connectivity index (χ4n) is 3.11. The van der Waals surface area contributed by atoms with Gasteiger partial charge < -0.3 is 15.3 Å². The second-order valence-corrected chi connectivity index (χ2v) is 5.46. The van der Waals surface area contributed by atoms with E-state index in [9.17, 15) is 5.11 Å². The topological polar surface area (TPSA) is 90.0 Å². The Bertz CT molecular complexity index is 592. The molecule has 114 valence electrons. The molecule has 3 N–H and O–H groups in total. The molecule has 7 heteroatoms. The van der Waals surface area contributed by atoms with Gasteiger partial charge in [0.25, 0.3) is 0 Å². The van der Waals surface area contributed by atoms with Gasteiger partial charge in [-0.15, -0.1) is 0 Å². The number of hydrogen-bond donors (Lipinski definition) is 3. The molecule has 0 aromatic carbocycles. The lowest BCUT2D eigenvalue weighted by atomic mass is 9.94. The van der Waals surface area contributed by atoms with E-state index in [1.54, 1.807) is 13.2 Å². The Balaban J connectivity index is 2.02. The molecule has 0 amide bonds. The van der Waals surface area contributed by atoms with E-state index in [0.29, 0.717) is 18.5 Å². The normalized spacial score (nSPS) is 16.3. The third-order valence-electron chi connectivity index (χ3n) is 4.14. The average Bonchev–Trinajstić information content (AvgIpc) is 3.01. The van der Waals surface area contributed by atoms with E-state index >= 15 is 0 Å². The molecular weight excluding hydrogens is 268 g/mol. The third kappa shape index (κ3) is 2.78. The fraction of sp³-hybridized carbons (Fsp3) is 0.643. The molecule has 2 aromatic rings. The van der Waals surface area contributed by atoms with Crippen molar-refractivity contribution < 1.29 is 5.11 Å². The van der Waals surface area contributed by atoms with Gasteiger partial charge in [-0.1, -0.05) is 19.3 Å². The van der Waals surface area contributed by atoms with Crippen LogP contribution in [0, 0.1) is 0 Å². The van der Waals surface area contributed by atoms with Crippen LogP contribution in [0.25, 0.3) is 11.0 Å². The molecule has 2 heterocycles. The smallest absolute Gasteiger partial charge is 0.226 e. The van der Waals surface area contributed by atoms with Crippen molar-refractivity contribution in [1.29, 1.82) is 0 Å². The minimum absolute atomic E-state index is 0.120. The Hall–Kier alpha value is -1.89. The van der Waals surface area contributed by atoms with E-state index < -0.39 is 0 Å². The molecule has 0 unspecified atom stereocenters. The van der Waals surface area contributed by atoms with Gasteiger partial charge in [0, 0.05) is 19.6 Å².